The van der Waals surface area contributed by atoms with Gasteiger partial charge in [0.25, 0.3) is 0 Å². The Kier molecular flexibility index (Phi) is 10.9. The molecule has 0 aromatic carbocycles. The van der Waals surface area contributed by atoms with E-state index in [0.29, 0.717) is 19.8 Å². The lowest BCUT2D eigenvalue weighted by atomic mass is 10.4. The molecule has 1 atom stereocenters. The van der Waals surface area contributed by atoms with Gasteiger partial charge in [0.1, 0.15) is 6.23 Å². The maximum absolute atomic E-state index is 5.78. The van der Waals surface area contributed by atoms with Crippen LogP contribution in [0.2, 0.25) is 6.04 Å². The van der Waals surface area contributed by atoms with E-state index in [0.717, 1.165) is 19.0 Å². The van der Waals surface area contributed by atoms with Gasteiger partial charge < -0.3 is 18.0 Å². The minimum atomic E-state index is -2.46. The van der Waals surface area contributed by atoms with E-state index in [1.165, 1.54) is 0 Å². The molecule has 0 radical (unpaired) electrons. The molecule has 0 amide bonds. The Balaban J connectivity index is 4.12. The molecule has 0 saturated carbocycles. The molecule has 0 aliphatic rings. The van der Waals surface area contributed by atoms with Crippen LogP contribution < -0.4 is 5.32 Å². The van der Waals surface area contributed by atoms with Crippen molar-refractivity contribution < 1.29 is 18.0 Å². The number of hydrogen-bond donors (Lipinski definition) is 1. The molecule has 0 aromatic rings. The molecule has 0 aromatic heterocycles. The van der Waals surface area contributed by atoms with Gasteiger partial charge >= 0.3 is 8.80 Å². The topological polar surface area (TPSA) is 49.0 Å². The van der Waals surface area contributed by atoms with Crippen LogP contribution in [-0.4, -0.2) is 48.5 Å². The smallest absolute Gasteiger partial charge is 0.374 e. The van der Waals surface area contributed by atoms with Crippen molar-refractivity contribution in [3.63, 3.8) is 0 Å². The van der Waals surface area contributed by atoms with Crippen LogP contribution in [0, 0.1) is 0 Å². The fraction of sp³-hybridized carbons (Fsp3) is 1.00. The number of hydrogen-bond acceptors (Lipinski definition) is 5. The van der Waals surface area contributed by atoms with Crippen molar-refractivity contribution in [1.29, 1.82) is 0 Å². The third kappa shape index (κ3) is 7.45. The lowest BCUT2D eigenvalue weighted by Crippen LogP contribution is -2.46. The van der Waals surface area contributed by atoms with Gasteiger partial charge in [-0.25, -0.2) is 0 Å². The highest BCUT2D eigenvalue weighted by Gasteiger charge is 2.39. The van der Waals surface area contributed by atoms with Crippen LogP contribution in [0.15, 0.2) is 0 Å². The molecule has 0 rings (SSSR count). The summed E-state index contributed by atoms with van der Waals surface area (Å²) >= 11 is 0. The van der Waals surface area contributed by atoms with Gasteiger partial charge in [0.05, 0.1) is 0 Å². The zero-order chi connectivity index (χ0) is 13.9. The molecular formula is C12H29NO4Si. The lowest BCUT2D eigenvalue weighted by molar-refractivity contribution is 0.0685. The molecule has 0 heterocycles. The quantitative estimate of drug-likeness (QED) is 0.336. The van der Waals surface area contributed by atoms with Crippen LogP contribution in [-0.2, 0) is 18.0 Å². The molecule has 0 fully saturated rings. The predicted octanol–water partition coefficient (Wildman–Crippen LogP) is 2.01. The summed E-state index contributed by atoms with van der Waals surface area (Å²) in [4.78, 5) is 0. The SMILES string of the molecule is CCO[Si](CCCNC(C)OC)(OCC)OCC. The molecule has 0 spiro atoms. The van der Waals surface area contributed by atoms with Gasteiger partial charge in [-0.05, 0) is 40.7 Å². The van der Waals surface area contributed by atoms with E-state index in [1.807, 2.05) is 27.7 Å². The molecular weight excluding hydrogens is 250 g/mol. The zero-order valence-electron chi connectivity index (χ0n) is 12.5. The summed E-state index contributed by atoms with van der Waals surface area (Å²) in [7, 11) is -0.767. The summed E-state index contributed by atoms with van der Waals surface area (Å²) in [6.45, 7) is 10.7. The summed E-state index contributed by atoms with van der Waals surface area (Å²) in [5.41, 5.74) is 0. The first-order valence-electron chi connectivity index (χ1n) is 6.82. The van der Waals surface area contributed by atoms with Crippen LogP contribution in [0.5, 0.6) is 0 Å². The van der Waals surface area contributed by atoms with Gasteiger partial charge in [-0.2, -0.15) is 0 Å². The molecule has 110 valence electrons. The summed E-state index contributed by atoms with van der Waals surface area (Å²) in [5, 5.41) is 3.26. The highest BCUT2D eigenvalue weighted by atomic mass is 28.4. The molecule has 18 heavy (non-hydrogen) atoms. The second-order valence-electron chi connectivity index (χ2n) is 3.92. The van der Waals surface area contributed by atoms with Crippen LogP contribution in [0.1, 0.15) is 34.1 Å². The largest absolute Gasteiger partial charge is 0.500 e. The summed E-state index contributed by atoms with van der Waals surface area (Å²) < 4.78 is 22.5. The third-order valence-electron chi connectivity index (χ3n) is 2.54. The second-order valence-corrected chi connectivity index (χ2v) is 6.65. The summed E-state index contributed by atoms with van der Waals surface area (Å²) in [6.07, 6.45) is 1.03. The summed E-state index contributed by atoms with van der Waals surface area (Å²) in [5.74, 6) is 0. The first kappa shape index (κ1) is 18.0. The van der Waals surface area contributed by atoms with E-state index < -0.39 is 8.80 Å². The Bertz CT molecular complexity index is 178. The van der Waals surface area contributed by atoms with Crippen molar-refractivity contribution in [2.24, 2.45) is 0 Å². The third-order valence-corrected chi connectivity index (χ3v) is 5.69. The van der Waals surface area contributed by atoms with E-state index in [4.69, 9.17) is 18.0 Å². The monoisotopic (exact) mass is 279 g/mol. The second kappa shape index (κ2) is 10.9. The van der Waals surface area contributed by atoms with Crippen LogP contribution in [0.25, 0.3) is 0 Å². The Morgan fingerprint density at radius 2 is 1.50 bits per heavy atom. The zero-order valence-corrected chi connectivity index (χ0v) is 13.5. The minimum Gasteiger partial charge on any atom is -0.374 e. The molecule has 5 nitrogen and oxygen atoms in total. The number of methoxy groups -OCH3 is 1. The maximum Gasteiger partial charge on any atom is 0.500 e. The van der Waals surface area contributed by atoms with Crippen LogP contribution in [0.4, 0.5) is 0 Å². The fourth-order valence-corrected chi connectivity index (χ4v) is 4.31. The molecule has 1 unspecified atom stereocenters. The number of rotatable bonds is 12. The van der Waals surface area contributed by atoms with Crippen LogP contribution in [0.3, 0.4) is 0 Å². The average molecular weight is 279 g/mol. The number of nitrogens with one attached hydrogen (secondary N) is 1. The fourth-order valence-electron chi connectivity index (χ4n) is 1.69. The van der Waals surface area contributed by atoms with Crippen molar-refractivity contribution in [3.05, 3.63) is 0 Å². The van der Waals surface area contributed by atoms with Crippen molar-refractivity contribution >= 4 is 8.80 Å². The van der Waals surface area contributed by atoms with Gasteiger partial charge in [-0.3, -0.25) is 5.32 Å². The molecule has 1 N–H and O–H groups in total. The molecule has 0 bridgehead atoms. The van der Waals surface area contributed by atoms with Gasteiger partial charge in [-0.1, -0.05) is 0 Å². The van der Waals surface area contributed by atoms with Crippen molar-refractivity contribution in [2.45, 2.75) is 46.4 Å². The van der Waals surface area contributed by atoms with Crippen LogP contribution >= 0.6 is 0 Å². The Morgan fingerprint density at radius 1 is 1.00 bits per heavy atom. The van der Waals surface area contributed by atoms with Crippen molar-refractivity contribution in [3.8, 4) is 0 Å². The summed E-state index contributed by atoms with van der Waals surface area (Å²) in [6, 6.07) is 0.839. The molecule has 0 aliphatic heterocycles. The normalized spacial score (nSPS) is 13.8. The predicted molar refractivity (Wildman–Crippen MR) is 74.5 cm³/mol. The van der Waals surface area contributed by atoms with E-state index in [1.54, 1.807) is 7.11 Å². The highest BCUT2D eigenvalue weighted by molar-refractivity contribution is 6.60. The van der Waals surface area contributed by atoms with Gasteiger partial charge in [-0.15, -0.1) is 0 Å². The Hall–Kier alpha value is 0.0169. The molecule has 0 saturated heterocycles. The van der Waals surface area contributed by atoms with Crippen molar-refractivity contribution in [2.75, 3.05) is 33.5 Å². The first-order chi connectivity index (χ1) is 8.64. The lowest BCUT2D eigenvalue weighted by Gasteiger charge is -2.28. The van der Waals surface area contributed by atoms with Gasteiger partial charge in [0.15, 0.2) is 0 Å². The standard InChI is InChI=1S/C12H29NO4Si/c1-6-15-18(16-7-2,17-8-3)11-9-10-13-12(4)14-5/h12-13H,6-11H2,1-5H3. The van der Waals surface area contributed by atoms with Crippen molar-refractivity contribution in [1.82, 2.24) is 5.32 Å². The maximum atomic E-state index is 5.78. The first-order valence-corrected chi connectivity index (χ1v) is 8.75. The van der Waals surface area contributed by atoms with E-state index >= 15 is 0 Å². The van der Waals surface area contributed by atoms with Gasteiger partial charge in [0.2, 0.25) is 0 Å². The minimum absolute atomic E-state index is 0.0762. The van der Waals surface area contributed by atoms with Gasteiger partial charge in [0, 0.05) is 33.0 Å². The average Bonchev–Trinajstić information content (AvgIpc) is 2.35. The molecule has 0 aliphatic carbocycles. The van der Waals surface area contributed by atoms with E-state index in [-0.39, 0.29) is 6.23 Å². The van der Waals surface area contributed by atoms with E-state index in [2.05, 4.69) is 5.32 Å². The Labute approximate surface area is 113 Å². The Morgan fingerprint density at radius 3 is 1.89 bits per heavy atom. The molecule has 6 heteroatoms. The number of ether oxygens (including phenoxy) is 1. The highest BCUT2D eigenvalue weighted by Crippen LogP contribution is 2.17. The van der Waals surface area contributed by atoms with E-state index in [9.17, 15) is 0 Å².